The van der Waals surface area contributed by atoms with Crippen LogP contribution in [0.1, 0.15) is 10.4 Å². The molecule has 0 unspecified atom stereocenters. The maximum atomic E-state index is 12.9. The number of thioether (sulfide) groups is 1. The summed E-state index contributed by atoms with van der Waals surface area (Å²) < 4.78 is 0. The van der Waals surface area contributed by atoms with Crippen LogP contribution in [-0.2, 0) is 0 Å². The van der Waals surface area contributed by atoms with Crippen molar-refractivity contribution in [2.75, 3.05) is 24.6 Å². The summed E-state index contributed by atoms with van der Waals surface area (Å²) in [6.07, 6.45) is 3.77. The van der Waals surface area contributed by atoms with Gasteiger partial charge in [0.25, 0.3) is 5.91 Å². The third kappa shape index (κ3) is 2.63. The van der Waals surface area contributed by atoms with Crippen LogP contribution in [0, 0.1) is 0 Å². The first-order valence-electron chi connectivity index (χ1n) is 7.86. The van der Waals surface area contributed by atoms with Crippen LogP contribution in [0.25, 0.3) is 21.9 Å². The zero-order chi connectivity index (χ0) is 15.6. The van der Waals surface area contributed by atoms with E-state index in [2.05, 4.69) is 35.3 Å². The molecule has 2 heterocycles. The Bertz CT molecular complexity index is 844. The fourth-order valence-corrected chi connectivity index (χ4v) is 4.06. The van der Waals surface area contributed by atoms with Crippen LogP contribution >= 0.6 is 11.8 Å². The number of carbonyl (C=O) groups is 1. The van der Waals surface area contributed by atoms with Crippen molar-refractivity contribution in [2.45, 2.75) is 0 Å². The highest BCUT2D eigenvalue weighted by atomic mass is 32.2. The maximum Gasteiger partial charge on any atom is 0.256 e. The zero-order valence-electron chi connectivity index (χ0n) is 12.8. The van der Waals surface area contributed by atoms with Crippen LogP contribution in [0.3, 0.4) is 0 Å². The molecule has 1 N–H and O–H groups in total. The third-order valence-electron chi connectivity index (χ3n) is 4.35. The summed E-state index contributed by atoms with van der Waals surface area (Å²) in [4.78, 5) is 18.0. The second kappa shape index (κ2) is 6.13. The minimum atomic E-state index is 0.134. The van der Waals surface area contributed by atoms with Gasteiger partial charge in [0.05, 0.1) is 5.56 Å². The van der Waals surface area contributed by atoms with E-state index in [0.717, 1.165) is 41.3 Å². The Morgan fingerprint density at radius 1 is 0.957 bits per heavy atom. The molecular formula is C19H18N2OS. The topological polar surface area (TPSA) is 36.1 Å². The number of nitrogens with one attached hydrogen (secondary N) is 1. The molecule has 2 aromatic carbocycles. The average molecular weight is 322 g/mol. The van der Waals surface area contributed by atoms with Crippen LogP contribution in [0.5, 0.6) is 0 Å². The second-order valence-electron chi connectivity index (χ2n) is 5.71. The Hall–Kier alpha value is -2.20. The monoisotopic (exact) mass is 322 g/mol. The van der Waals surface area contributed by atoms with Gasteiger partial charge in [-0.3, -0.25) is 4.79 Å². The summed E-state index contributed by atoms with van der Waals surface area (Å²) in [6.45, 7) is 1.67. The lowest BCUT2D eigenvalue weighted by atomic mass is 9.97. The van der Waals surface area contributed by atoms with E-state index in [-0.39, 0.29) is 5.91 Å². The lowest BCUT2D eigenvalue weighted by molar-refractivity contribution is 0.0773. The van der Waals surface area contributed by atoms with Gasteiger partial charge in [-0.05, 0) is 16.3 Å². The van der Waals surface area contributed by atoms with Gasteiger partial charge in [-0.25, -0.2) is 0 Å². The van der Waals surface area contributed by atoms with E-state index in [1.165, 1.54) is 10.8 Å². The summed E-state index contributed by atoms with van der Waals surface area (Å²) in [5.41, 5.74) is 2.87. The Labute approximate surface area is 139 Å². The molecule has 0 saturated carbocycles. The van der Waals surface area contributed by atoms with Crippen molar-refractivity contribution in [3.05, 3.63) is 60.4 Å². The third-order valence-corrected chi connectivity index (χ3v) is 5.30. The molecule has 116 valence electrons. The van der Waals surface area contributed by atoms with E-state index >= 15 is 0 Å². The average Bonchev–Trinajstić information content (AvgIpc) is 3.11. The standard InChI is InChI=1S/C19H18N2OS/c22-19(21-8-10-23-11-9-21)18-13-20-12-17(18)16-7-3-5-14-4-1-2-6-15(14)16/h1-7,12-13,20H,8-11H2. The predicted molar refractivity (Wildman–Crippen MR) is 97.0 cm³/mol. The molecule has 1 fully saturated rings. The van der Waals surface area contributed by atoms with Crippen LogP contribution in [0.4, 0.5) is 0 Å². The molecule has 1 saturated heterocycles. The van der Waals surface area contributed by atoms with Crippen LogP contribution in [-0.4, -0.2) is 40.4 Å². The first-order chi connectivity index (χ1) is 11.3. The van der Waals surface area contributed by atoms with Gasteiger partial charge in [-0.15, -0.1) is 0 Å². The van der Waals surface area contributed by atoms with E-state index in [9.17, 15) is 4.79 Å². The van der Waals surface area contributed by atoms with Gasteiger partial charge < -0.3 is 9.88 Å². The highest BCUT2D eigenvalue weighted by Crippen LogP contribution is 2.31. The molecule has 1 amide bonds. The van der Waals surface area contributed by atoms with Crippen molar-refractivity contribution in [1.82, 2.24) is 9.88 Å². The lowest BCUT2D eigenvalue weighted by Gasteiger charge is -2.26. The first-order valence-corrected chi connectivity index (χ1v) is 9.02. The van der Waals surface area contributed by atoms with Gasteiger partial charge >= 0.3 is 0 Å². The van der Waals surface area contributed by atoms with Crippen LogP contribution in [0.2, 0.25) is 0 Å². The largest absolute Gasteiger partial charge is 0.366 e. The first kappa shape index (κ1) is 14.4. The van der Waals surface area contributed by atoms with Crippen molar-refractivity contribution in [2.24, 2.45) is 0 Å². The molecule has 4 rings (SSSR count). The molecule has 0 spiro atoms. The zero-order valence-corrected chi connectivity index (χ0v) is 13.6. The van der Waals surface area contributed by atoms with Gasteiger partial charge in [-0.1, -0.05) is 42.5 Å². The van der Waals surface area contributed by atoms with Gasteiger partial charge in [0.15, 0.2) is 0 Å². The van der Waals surface area contributed by atoms with E-state index < -0.39 is 0 Å². The minimum absolute atomic E-state index is 0.134. The Morgan fingerprint density at radius 2 is 1.74 bits per heavy atom. The number of nitrogens with zero attached hydrogens (tertiary/aromatic N) is 1. The Kier molecular flexibility index (Phi) is 3.83. The predicted octanol–water partition coefficient (Wildman–Crippen LogP) is 4.02. The molecular weight excluding hydrogens is 304 g/mol. The number of aromatic nitrogens is 1. The molecule has 23 heavy (non-hydrogen) atoms. The summed E-state index contributed by atoms with van der Waals surface area (Å²) in [5.74, 6) is 2.19. The molecule has 0 atom stereocenters. The highest BCUT2D eigenvalue weighted by Gasteiger charge is 2.22. The van der Waals surface area contributed by atoms with E-state index in [0.29, 0.717) is 0 Å². The van der Waals surface area contributed by atoms with Gasteiger partial charge in [0.2, 0.25) is 0 Å². The molecule has 0 radical (unpaired) electrons. The van der Waals surface area contributed by atoms with Crippen molar-refractivity contribution in [1.29, 1.82) is 0 Å². The number of aromatic amines is 1. The van der Waals surface area contributed by atoms with E-state index in [1.807, 2.05) is 41.2 Å². The van der Waals surface area contributed by atoms with Crippen molar-refractivity contribution < 1.29 is 4.79 Å². The van der Waals surface area contributed by atoms with Crippen molar-refractivity contribution in [3.63, 3.8) is 0 Å². The smallest absolute Gasteiger partial charge is 0.256 e. The fraction of sp³-hybridized carbons (Fsp3) is 0.211. The van der Waals surface area contributed by atoms with Gasteiger partial charge in [0.1, 0.15) is 0 Å². The van der Waals surface area contributed by atoms with Crippen molar-refractivity contribution in [3.8, 4) is 11.1 Å². The molecule has 1 aliphatic heterocycles. The van der Waals surface area contributed by atoms with Gasteiger partial charge in [0, 0.05) is 42.6 Å². The minimum Gasteiger partial charge on any atom is -0.366 e. The highest BCUT2D eigenvalue weighted by molar-refractivity contribution is 7.99. The number of fused-ring (bicyclic) bond motifs is 1. The number of rotatable bonds is 2. The van der Waals surface area contributed by atoms with Crippen molar-refractivity contribution >= 4 is 28.4 Å². The molecule has 3 nitrogen and oxygen atoms in total. The second-order valence-corrected chi connectivity index (χ2v) is 6.94. The Balaban J connectivity index is 1.78. The lowest BCUT2D eigenvalue weighted by Crippen LogP contribution is -2.37. The number of amides is 1. The number of benzene rings is 2. The summed E-state index contributed by atoms with van der Waals surface area (Å²) in [7, 11) is 0. The Morgan fingerprint density at radius 3 is 2.61 bits per heavy atom. The van der Waals surface area contributed by atoms with E-state index in [1.54, 1.807) is 0 Å². The van der Waals surface area contributed by atoms with Crippen LogP contribution in [0.15, 0.2) is 54.9 Å². The van der Waals surface area contributed by atoms with E-state index in [4.69, 9.17) is 0 Å². The molecule has 1 aromatic heterocycles. The number of hydrogen-bond acceptors (Lipinski definition) is 2. The normalized spacial score (nSPS) is 15.0. The quantitative estimate of drug-likeness (QED) is 0.773. The molecule has 0 aliphatic carbocycles. The van der Waals surface area contributed by atoms with Gasteiger partial charge in [-0.2, -0.15) is 11.8 Å². The molecule has 4 heteroatoms. The number of H-pyrrole nitrogens is 1. The SMILES string of the molecule is O=C(c1c[nH]cc1-c1cccc2ccccc12)N1CCSCC1. The number of hydrogen-bond donors (Lipinski definition) is 1. The van der Waals surface area contributed by atoms with Crippen LogP contribution < -0.4 is 0 Å². The molecule has 1 aliphatic rings. The molecule has 0 bridgehead atoms. The maximum absolute atomic E-state index is 12.9. The number of carbonyl (C=O) groups excluding carboxylic acids is 1. The summed E-state index contributed by atoms with van der Waals surface area (Å²) >= 11 is 1.91. The summed E-state index contributed by atoms with van der Waals surface area (Å²) in [5, 5.41) is 2.37. The fourth-order valence-electron chi connectivity index (χ4n) is 3.16. The summed E-state index contributed by atoms with van der Waals surface area (Å²) in [6, 6.07) is 14.6. The molecule has 3 aromatic rings.